The Morgan fingerprint density at radius 3 is 1.85 bits per heavy atom. The molecule has 26 heavy (non-hydrogen) atoms. The van der Waals surface area contributed by atoms with E-state index in [1.54, 1.807) is 17.6 Å². The predicted octanol–water partition coefficient (Wildman–Crippen LogP) is 0.0554. The van der Waals surface area contributed by atoms with Crippen LogP contribution >= 0.6 is 0 Å². The molecule has 134 valence electrons. The second-order valence-electron chi connectivity index (χ2n) is 7.35. The molecule has 0 bridgehead atoms. The van der Waals surface area contributed by atoms with Crippen LogP contribution in [0.1, 0.15) is 46.1 Å². The number of halogens is 2. The number of aryl methyl sites for hydroxylation is 2. The Hall–Kier alpha value is -0.747. The van der Waals surface area contributed by atoms with Gasteiger partial charge in [-0.2, -0.15) is 0 Å². The van der Waals surface area contributed by atoms with Gasteiger partial charge in [0, 0.05) is 0 Å². The summed E-state index contributed by atoms with van der Waals surface area (Å²) < 4.78 is 4.11. The van der Waals surface area contributed by atoms with E-state index >= 15 is 0 Å². The molecule has 0 heterocycles. The maximum absolute atomic E-state index is 2.46. The molecule has 0 unspecified atom stereocenters. The number of fused-ring (bicyclic) bond motifs is 3. The summed E-state index contributed by atoms with van der Waals surface area (Å²) >= 11 is -1.92. The van der Waals surface area contributed by atoms with Crippen molar-refractivity contribution in [3.63, 3.8) is 0 Å². The van der Waals surface area contributed by atoms with E-state index in [0.29, 0.717) is 3.63 Å². The molecule has 0 atom stereocenters. The molecule has 0 N–H and O–H groups in total. The van der Waals surface area contributed by atoms with Crippen molar-refractivity contribution >= 4 is 3.21 Å². The van der Waals surface area contributed by atoms with Gasteiger partial charge in [0.05, 0.1) is 0 Å². The predicted molar refractivity (Wildman–Crippen MR) is 101 cm³/mol. The van der Waals surface area contributed by atoms with Crippen LogP contribution in [0.3, 0.4) is 0 Å². The summed E-state index contributed by atoms with van der Waals surface area (Å²) in [5.74, 6) is 0. The van der Waals surface area contributed by atoms with Gasteiger partial charge in [0.1, 0.15) is 0 Å². The summed E-state index contributed by atoms with van der Waals surface area (Å²) in [4.78, 5) is 0. The van der Waals surface area contributed by atoms with E-state index in [-0.39, 0.29) is 24.8 Å². The fourth-order valence-corrected chi connectivity index (χ4v) is 12.4. The first-order valence-electron chi connectivity index (χ1n) is 8.81. The minimum Gasteiger partial charge on any atom is -1.00 e. The third-order valence-electron chi connectivity index (χ3n) is 5.27. The van der Waals surface area contributed by atoms with E-state index < -0.39 is 21.3 Å². The van der Waals surface area contributed by atoms with Crippen LogP contribution in [0, 0.1) is 13.8 Å². The zero-order valence-corrected chi connectivity index (χ0v) is 19.7. The number of hydrogen-bond acceptors (Lipinski definition) is 0. The largest absolute Gasteiger partial charge is 1.00 e. The SMILES string of the molecule is C[C](C)=[Zr+2]([C]1=CC=CC1)[CH]1c2cc(C)ccc2-c2ccc(C)cc21.[Cl-].[Cl-]. The molecule has 0 radical (unpaired) electrons. The molecule has 2 aromatic carbocycles. The smallest absolute Gasteiger partial charge is 1.00 e. The molecule has 4 rings (SSSR count). The Morgan fingerprint density at radius 2 is 1.42 bits per heavy atom. The average Bonchev–Trinajstić information content (AvgIpc) is 3.15. The molecule has 0 amide bonds. The first-order valence-corrected chi connectivity index (χ1v) is 12.7. The third-order valence-corrected chi connectivity index (χ3v) is 13.5. The van der Waals surface area contributed by atoms with Crippen molar-refractivity contribution in [2.75, 3.05) is 0 Å². The monoisotopic (exact) mass is 460 g/mol. The molecule has 0 aromatic heterocycles. The van der Waals surface area contributed by atoms with Crippen LogP contribution in [-0.2, 0) is 21.3 Å². The van der Waals surface area contributed by atoms with Crippen LogP contribution in [0.4, 0.5) is 0 Å². The van der Waals surface area contributed by atoms with Gasteiger partial charge in [0.15, 0.2) is 0 Å². The van der Waals surface area contributed by atoms with Crippen LogP contribution in [0.2, 0.25) is 0 Å². The van der Waals surface area contributed by atoms with Gasteiger partial charge >= 0.3 is 154 Å². The van der Waals surface area contributed by atoms with Crippen molar-refractivity contribution in [1.82, 2.24) is 0 Å². The minimum atomic E-state index is -1.92. The van der Waals surface area contributed by atoms with Crippen LogP contribution in [-0.4, -0.2) is 3.21 Å². The van der Waals surface area contributed by atoms with E-state index in [2.05, 4.69) is 82.3 Å². The Kier molecular flexibility index (Phi) is 7.05. The van der Waals surface area contributed by atoms with Crippen molar-refractivity contribution in [2.45, 2.75) is 37.7 Å². The van der Waals surface area contributed by atoms with Crippen molar-refractivity contribution in [2.24, 2.45) is 0 Å². The summed E-state index contributed by atoms with van der Waals surface area (Å²) in [6.45, 7) is 9.23. The molecular formula is C23H24Cl2Zr. The first-order chi connectivity index (χ1) is 11.6. The molecule has 2 aromatic rings. The summed E-state index contributed by atoms with van der Waals surface area (Å²) in [6.07, 6.45) is 8.20. The maximum atomic E-state index is 2.46. The molecule has 2 aliphatic carbocycles. The van der Waals surface area contributed by atoms with Crippen LogP contribution < -0.4 is 24.8 Å². The quantitative estimate of drug-likeness (QED) is 0.592. The zero-order chi connectivity index (χ0) is 16.8. The van der Waals surface area contributed by atoms with E-state index in [9.17, 15) is 0 Å². The van der Waals surface area contributed by atoms with Crippen LogP contribution in [0.25, 0.3) is 11.1 Å². The topological polar surface area (TPSA) is 0 Å². The van der Waals surface area contributed by atoms with Crippen LogP contribution in [0.15, 0.2) is 57.9 Å². The zero-order valence-electron chi connectivity index (χ0n) is 15.7. The second kappa shape index (κ2) is 8.51. The van der Waals surface area contributed by atoms with Crippen molar-refractivity contribution in [3.05, 3.63) is 80.2 Å². The van der Waals surface area contributed by atoms with Gasteiger partial charge in [-0.05, 0) is 0 Å². The van der Waals surface area contributed by atoms with Crippen molar-refractivity contribution < 1.29 is 46.1 Å². The summed E-state index contributed by atoms with van der Waals surface area (Å²) in [6, 6.07) is 14.2. The molecule has 3 heteroatoms. The van der Waals surface area contributed by atoms with Gasteiger partial charge in [0.25, 0.3) is 0 Å². The van der Waals surface area contributed by atoms with Gasteiger partial charge in [0.2, 0.25) is 0 Å². The summed E-state index contributed by atoms with van der Waals surface area (Å²) in [7, 11) is 0. The van der Waals surface area contributed by atoms with Crippen molar-refractivity contribution in [1.29, 1.82) is 0 Å². The Balaban J connectivity index is 0.00000121. The molecule has 0 spiro atoms. The number of benzene rings is 2. The Bertz CT molecular complexity index is 880. The molecule has 0 nitrogen and oxygen atoms in total. The van der Waals surface area contributed by atoms with E-state index in [1.165, 1.54) is 28.7 Å². The van der Waals surface area contributed by atoms with Gasteiger partial charge < -0.3 is 24.8 Å². The molecule has 2 aliphatic rings. The summed E-state index contributed by atoms with van der Waals surface area (Å²) in [5.41, 5.74) is 8.92. The van der Waals surface area contributed by atoms with Gasteiger partial charge in [-0.25, -0.2) is 0 Å². The van der Waals surface area contributed by atoms with Gasteiger partial charge in [-0.3, -0.25) is 0 Å². The number of hydrogen-bond donors (Lipinski definition) is 0. The van der Waals surface area contributed by atoms with Crippen LogP contribution in [0.5, 0.6) is 0 Å². The molecule has 0 saturated carbocycles. The number of rotatable bonds is 2. The minimum absolute atomic E-state index is 0. The normalized spacial score (nSPS) is 13.7. The molecule has 0 saturated heterocycles. The first kappa shape index (κ1) is 21.6. The Morgan fingerprint density at radius 1 is 0.885 bits per heavy atom. The van der Waals surface area contributed by atoms with E-state index in [1.807, 2.05) is 0 Å². The Labute approximate surface area is 177 Å². The molecule has 0 fully saturated rings. The standard InChI is InChI=1S/C15H13.C5H5.C3H6.2ClH.Zr/c1-10-3-5-14-12(7-10)9-13-8-11(2)4-6-15(13)14;1-2-4-5-3-1;1-3-2;;;/h3-9H,1-2H3;1-3H,4H2;1-2H3;2*1H;/q;;;;;+2/p-2. The molecule has 0 aliphatic heterocycles. The fourth-order valence-electron chi connectivity index (χ4n) is 4.25. The third kappa shape index (κ3) is 3.64. The van der Waals surface area contributed by atoms with E-state index in [4.69, 9.17) is 0 Å². The van der Waals surface area contributed by atoms with E-state index in [0.717, 1.165) is 0 Å². The molecular weight excluding hydrogens is 438 g/mol. The number of allylic oxidation sites excluding steroid dienone is 4. The maximum Gasteiger partial charge on any atom is -1.00 e. The van der Waals surface area contributed by atoms with Crippen molar-refractivity contribution in [3.8, 4) is 11.1 Å². The second-order valence-corrected chi connectivity index (χ2v) is 14.8. The van der Waals surface area contributed by atoms with Gasteiger partial charge in [-0.1, -0.05) is 0 Å². The van der Waals surface area contributed by atoms with Gasteiger partial charge in [-0.15, -0.1) is 0 Å². The average molecular weight is 463 g/mol. The summed E-state index contributed by atoms with van der Waals surface area (Å²) in [5, 5.41) is 0. The fraction of sp³-hybridized carbons (Fsp3) is 0.261.